The number of sulfonamides is 1. The standard InChI is InChI=1S/C22H24N4O3S3/c1-4-6-13-26(5-2)32(28,29)16-9-7-15(8-10-16)21(27)25-22-24-18-12-11-17-19(20(18)31-22)30-14(3)23-17/h7-12H,4-6,13H2,1-3H3,(H,24,25,27). The van der Waals surface area contributed by atoms with E-state index in [1.807, 2.05) is 32.9 Å². The van der Waals surface area contributed by atoms with Crippen LogP contribution in [-0.4, -0.2) is 41.7 Å². The number of carbonyl (C=O) groups is 1. The number of fused-ring (bicyclic) bond motifs is 3. The van der Waals surface area contributed by atoms with Crippen molar-refractivity contribution in [2.24, 2.45) is 0 Å². The van der Waals surface area contributed by atoms with Crippen molar-refractivity contribution in [2.45, 2.75) is 38.5 Å². The van der Waals surface area contributed by atoms with Gasteiger partial charge in [0.15, 0.2) is 5.13 Å². The maximum Gasteiger partial charge on any atom is 0.257 e. The van der Waals surface area contributed by atoms with Crippen LogP contribution in [0.15, 0.2) is 41.3 Å². The number of hydrogen-bond donors (Lipinski definition) is 1. The van der Waals surface area contributed by atoms with Crippen LogP contribution in [0.3, 0.4) is 0 Å². The highest BCUT2D eigenvalue weighted by Crippen LogP contribution is 2.35. The Morgan fingerprint density at radius 2 is 1.66 bits per heavy atom. The highest BCUT2D eigenvalue weighted by Gasteiger charge is 2.23. The van der Waals surface area contributed by atoms with Crippen LogP contribution in [0.1, 0.15) is 42.1 Å². The predicted molar refractivity (Wildman–Crippen MR) is 131 cm³/mol. The molecule has 0 atom stereocenters. The second-order valence-electron chi connectivity index (χ2n) is 7.34. The van der Waals surface area contributed by atoms with E-state index >= 15 is 0 Å². The van der Waals surface area contributed by atoms with Gasteiger partial charge in [0.2, 0.25) is 10.0 Å². The summed E-state index contributed by atoms with van der Waals surface area (Å²) in [5.74, 6) is -0.330. The summed E-state index contributed by atoms with van der Waals surface area (Å²) in [6, 6.07) is 9.88. The minimum absolute atomic E-state index is 0.190. The lowest BCUT2D eigenvalue weighted by molar-refractivity contribution is 0.102. The number of thiazole rings is 2. The normalized spacial score (nSPS) is 12.1. The van der Waals surface area contributed by atoms with Crippen LogP contribution in [0.2, 0.25) is 0 Å². The molecule has 32 heavy (non-hydrogen) atoms. The molecular weight excluding hydrogens is 464 g/mol. The third kappa shape index (κ3) is 4.40. The summed E-state index contributed by atoms with van der Waals surface area (Å²) in [6.45, 7) is 6.72. The summed E-state index contributed by atoms with van der Waals surface area (Å²) < 4.78 is 29.3. The molecule has 2 aromatic heterocycles. The minimum atomic E-state index is -3.57. The molecule has 7 nitrogen and oxygen atoms in total. The molecule has 2 aromatic carbocycles. The molecule has 0 saturated heterocycles. The van der Waals surface area contributed by atoms with Crippen LogP contribution in [0.25, 0.3) is 20.4 Å². The average Bonchev–Trinajstić information content (AvgIpc) is 3.36. The van der Waals surface area contributed by atoms with Gasteiger partial charge in [-0.15, -0.1) is 11.3 Å². The Labute approximate surface area is 195 Å². The number of aromatic nitrogens is 2. The van der Waals surface area contributed by atoms with Crippen molar-refractivity contribution in [1.29, 1.82) is 0 Å². The van der Waals surface area contributed by atoms with Crippen molar-refractivity contribution in [2.75, 3.05) is 18.4 Å². The molecule has 0 aliphatic carbocycles. The summed E-state index contributed by atoms with van der Waals surface area (Å²) in [4.78, 5) is 21.9. The maximum absolute atomic E-state index is 12.9. The van der Waals surface area contributed by atoms with E-state index in [9.17, 15) is 13.2 Å². The summed E-state index contributed by atoms with van der Waals surface area (Å²) in [5, 5.41) is 4.31. The van der Waals surface area contributed by atoms with Gasteiger partial charge in [0.1, 0.15) is 0 Å². The zero-order chi connectivity index (χ0) is 22.9. The quantitative estimate of drug-likeness (QED) is 0.364. The van der Waals surface area contributed by atoms with Crippen LogP contribution >= 0.6 is 22.7 Å². The summed E-state index contributed by atoms with van der Waals surface area (Å²) in [5.41, 5.74) is 2.12. The Morgan fingerprint density at radius 1 is 1.00 bits per heavy atom. The van der Waals surface area contributed by atoms with Crippen LogP contribution < -0.4 is 5.32 Å². The number of anilines is 1. The maximum atomic E-state index is 12.9. The largest absolute Gasteiger partial charge is 0.298 e. The van der Waals surface area contributed by atoms with Crippen LogP contribution in [0.4, 0.5) is 5.13 Å². The molecule has 0 fully saturated rings. The van der Waals surface area contributed by atoms with Gasteiger partial charge in [-0.05, 0) is 49.7 Å². The van der Waals surface area contributed by atoms with E-state index in [1.54, 1.807) is 11.3 Å². The smallest absolute Gasteiger partial charge is 0.257 e. The molecule has 2 heterocycles. The molecule has 1 amide bonds. The first-order valence-electron chi connectivity index (χ1n) is 10.4. The fraction of sp³-hybridized carbons (Fsp3) is 0.318. The van der Waals surface area contributed by atoms with Crippen molar-refractivity contribution < 1.29 is 13.2 Å². The van der Waals surface area contributed by atoms with Gasteiger partial charge < -0.3 is 0 Å². The lowest BCUT2D eigenvalue weighted by atomic mass is 10.2. The first kappa shape index (κ1) is 22.8. The predicted octanol–water partition coefficient (Wildman–Crippen LogP) is 5.28. The van der Waals surface area contributed by atoms with Gasteiger partial charge in [0.05, 0.1) is 30.3 Å². The number of carbonyl (C=O) groups excluding carboxylic acids is 1. The van der Waals surface area contributed by atoms with Gasteiger partial charge in [-0.25, -0.2) is 18.4 Å². The minimum Gasteiger partial charge on any atom is -0.298 e. The molecule has 10 heteroatoms. The summed E-state index contributed by atoms with van der Waals surface area (Å²) in [7, 11) is -3.57. The molecule has 168 valence electrons. The number of rotatable bonds is 8. The number of aryl methyl sites for hydroxylation is 1. The molecule has 0 unspecified atom stereocenters. The number of unbranched alkanes of at least 4 members (excludes halogenated alkanes) is 1. The molecule has 0 saturated carbocycles. The van der Waals surface area contributed by atoms with Crippen molar-refractivity contribution in [3.8, 4) is 0 Å². The highest BCUT2D eigenvalue weighted by atomic mass is 32.2. The Bertz CT molecular complexity index is 1370. The SMILES string of the molecule is CCCCN(CC)S(=O)(=O)c1ccc(C(=O)Nc2nc3ccc4nc(C)sc4c3s2)cc1. The number of nitrogens with one attached hydrogen (secondary N) is 1. The molecule has 0 aliphatic rings. The summed E-state index contributed by atoms with van der Waals surface area (Å²) >= 11 is 3.02. The van der Waals surface area contributed by atoms with E-state index in [2.05, 4.69) is 15.3 Å². The zero-order valence-corrected chi connectivity index (χ0v) is 20.5. The second kappa shape index (κ2) is 9.22. The average molecular weight is 489 g/mol. The Hall–Kier alpha value is -2.40. The fourth-order valence-corrected chi connectivity index (χ4v) is 6.91. The fourth-order valence-electron chi connectivity index (χ4n) is 3.42. The van der Waals surface area contributed by atoms with Crippen LogP contribution in [0.5, 0.6) is 0 Å². The van der Waals surface area contributed by atoms with Gasteiger partial charge in [0.25, 0.3) is 5.91 Å². The molecule has 1 N–H and O–H groups in total. The van der Waals surface area contributed by atoms with Crippen molar-refractivity contribution in [3.63, 3.8) is 0 Å². The van der Waals surface area contributed by atoms with Crippen LogP contribution in [0, 0.1) is 6.92 Å². The van der Waals surface area contributed by atoms with E-state index < -0.39 is 10.0 Å². The van der Waals surface area contributed by atoms with Crippen LogP contribution in [-0.2, 0) is 10.0 Å². The molecule has 0 aliphatic heterocycles. The number of nitrogens with zero attached hydrogens (tertiary/aromatic N) is 3. The summed E-state index contributed by atoms with van der Waals surface area (Å²) in [6.07, 6.45) is 1.73. The van der Waals surface area contributed by atoms with E-state index in [0.717, 1.165) is 38.3 Å². The third-order valence-electron chi connectivity index (χ3n) is 5.11. The molecular formula is C22H24N4O3S3. The molecule has 4 aromatic rings. The first-order chi connectivity index (χ1) is 15.3. The molecule has 0 radical (unpaired) electrons. The van der Waals surface area contributed by atoms with Gasteiger partial charge in [0, 0.05) is 18.7 Å². The molecule has 0 spiro atoms. The Morgan fingerprint density at radius 3 is 2.31 bits per heavy atom. The second-order valence-corrected chi connectivity index (χ2v) is 11.5. The first-order valence-corrected chi connectivity index (χ1v) is 13.5. The van der Waals surface area contributed by atoms with Gasteiger partial charge in [-0.1, -0.05) is 31.6 Å². The third-order valence-corrected chi connectivity index (χ3v) is 9.23. The van der Waals surface area contributed by atoms with E-state index in [1.165, 1.54) is 39.9 Å². The lowest BCUT2D eigenvalue weighted by Crippen LogP contribution is -2.31. The monoisotopic (exact) mass is 488 g/mol. The topological polar surface area (TPSA) is 92.3 Å². The Kier molecular flexibility index (Phi) is 6.57. The van der Waals surface area contributed by atoms with E-state index in [4.69, 9.17) is 0 Å². The molecule has 0 bridgehead atoms. The van der Waals surface area contributed by atoms with Crippen molar-refractivity contribution in [3.05, 3.63) is 47.0 Å². The van der Waals surface area contributed by atoms with Gasteiger partial charge in [-0.2, -0.15) is 4.31 Å². The molecule has 4 rings (SSSR count). The van der Waals surface area contributed by atoms with Gasteiger partial charge in [-0.3, -0.25) is 10.1 Å². The van der Waals surface area contributed by atoms with Gasteiger partial charge >= 0.3 is 0 Å². The lowest BCUT2D eigenvalue weighted by Gasteiger charge is -2.20. The Balaban J connectivity index is 1.53. The highest BCUT2D eigenvalue weighted by molar-refractivity contribution is 7.89. The number of hydrogen-bond acceptors (Lipinski definition) is 7. The van der Waals surface area contributed by atoms with E-state index in [-0.39, 0.29) is 10.8 Å². The van der Waals surface area contributed by atoms with Crippen molar-refractivity contribution >= 4 is 64.2 Å². The van der Waals surface area contributed by atoms with E-state index in [0.29, 0.717) is 23.8 Å². The number of amides is 1. The van der Waals surface area contributed by atoms with Crippen molar-refractivity contribution in [1.82, 2.24) is 14.3 Å². The zero-order valence-electron chi connectivity index (χ0n) is 18.1. The number of benzene rings is 2.